The first-order valence-electron chi connectivity index (χ1n) is 24.0. The van der Waals surface area contributed by atoms with Gasteiger partial charge in [0.2, 0.25) is 0 Å². The molecule has 332 valence electrons. The Bertz CT molecular complexity index is 3690. The molecule has 0 heterocycles. The van der Waals surface area contributed by atoms with Crippen LogP contribution in [-0.2, 0) is 10.8 Å². The van der Waals surface area contributed by atoms with Crippen LogP contribution >= 0.6 is 0 Å². The molecule has 0 saturated heterocycles. The minimum atomic E-state index is -0.0501. The van der Waals surface area contributed by atoms with Gasteiger partial charge in [-0.2, -0.15) is 0 Å². The van der Waals surface area contributed by atoms with E-state index in [1.807, 2.05) is 0 Å². The summed E-state index contributed by atoms with van der Waals surface area (Å²) in [5.41, 5.74) is 14.8. The Morgan fingerprint density at radius 1 is 0.294 bits per heavy atom. The Morgan fingerprint density at radius 3 is 0.912 bits per heavy atom. The molecule has 0 N–H and O–H groups in total. The van der Waals surface area contributed by atoms with E-state index in [0.717, 1.165) is 11.5 Å². The number of hydrogen-bond donors (Lipinski definition) is 0. The third-order valence-electron chi connectivity index (χ3n) is 14.9. The van der Waals surface area contributed by atoms with Crippen molar-refractivity contribution in [3.63, 3.8) is 0 Å². The van der Waals surface area contributed by atoms with Crippen LogP contribution in [0.15, 0.2) is 158 Å². The maximum atomic E-state index is 5.71. The summed E-state index contributed by atoms with van der Waals surface area (Å²) in [5, 5.41) is 17.9. The topological polar surface area (TPSA) is 18.5 Å². The standard InChI is InChI=1S/C66H56O2/c1-37-11-15-41(16-12-37)54-33-45-29-48(65(3,4)5)27-43-31-52(39-19-23-50(67-9)24-20-39)56-35-47-36-57-53(40-21-25-51(68-10)26-22-40)32-44-28-49(66(6,7)8)30-46-34-55(42-17-13-38(2)14-18-42)62(64(57)59(44)46)60(47)61(54)63(56)58(43)45/h11-36H,1-10H3. The number of fused-ring (bicyclic) bond motifs is 3. The van der Waals surface area contributed by atoms with Crippen molar-refractivity contribution >= 4 is 75.4 Å². The summed E-state index contributed by atoms with van der Waals surface area (Å²) in [5.74, 6) is 1.70. The molecule has 0 bridgehead atoms. The van der Waals surface area contributed by atoms with Crippen LogP contribution < -0.4 is 9.47 Å². The van der Waals surface area contributed by atoms with E-state index in [0.29, 0.717) is 0 Å². The minimum absolute atomic E-state index is 0.0501. The first-order chi connectivity index (χ1) is 32.7. The lowest BCUT2D eigenvalue weighted by molar-refractivity contribution is 0.415. The van der Waals surface area contributed by atoms with Gasteiger partial charge in [-0.05, 0) is 216 Å². The molecule has 2 heteroatoms. The fraction of sp³-hybridized carbons (Fsp3) is 0.182. The predicted molar refractivity (Wildman–Crippen MR) is 293 cm³/mol. The Labute approximate surface area is 399 Å². The summed E-state index contributed by atoms with van der Waals surface area (Å²) in [6.45, 7) is 18.4. The molecular weight excluding hydrogens is 825 g/mol. The summed E-state index contributed by atoms with van der Waals surface area (Å²) >= 11 is 0. The van der Waals surface area contributed by atoms with E-state index in [1.54, 1.807) is 14.2 Å². The quantitative estimate of drug-likeness (QED) is 0.122. The third-order valence-corrected chi connectivity index (χ3v) is 14.9. The predicted octanol–water partition coefficient (Wildman–Crippen LogP) is 18.5. The lowest BCUT2D eigenvalue weighted by Crippen LogP contribution is -2.11. The highest BCUT2D eigenvalue weighted by molar-refractivity contribution is 6.43. The van der Waals surface area contributed by atoms with E-state index in [4.69, 9.17) is 9.47 Å². The maximum absolute atomic E-state index is 5.71. The molecule has 0 aliphatic heterocycles. The molecule has 0 atom stereocenters. The maximum Gasteiger partial charge on any atom is 0.118 e. The lowest BCUT2D eigenvalue weighted by Gasteiger charge is -2.26. The van der Waals surface area contributed by atoms with Crippen LogP contribution in [0.1, 0.15) is 63.8 Å². The Kier molecular flexibility index (Phi) is 9.29. The van der Waals surface area contributed by atoms with Gasteiger partial charge < -0.3 is 9.47 Å². The van der Waals surface area contributed by atoms with Gasteiger partial charge in [0.15, 0.2) is 0 Å². The number of methoxy groups -OCH3 is 2. The Balaban J connectivity index is 1.39. The smallest absolute Gasteiger partial charge is 0.118 e. The molecule has 68 heavy (non-hydrogen) atoms. The summed E-state index contributed by atoms with van der Waals surface area (Å²) in [6.07, 6.45) is 0. The molecule has 2 nitrogen and oxygen atoms in total. The number of benzene rings is 12. The second-order valence-corrected chi connectivity index (χ2v) is 21.4. The van der Waals surface area contributed by atoms with Crippen molar-refractivity contribution in [1.29, 1.82) is 0 Å². The molecule has 12 aromatic carbocycles. The number of hydrogen-bond acceptors (Lipinski definition) is 2. The molecule has 0 spiro atoms. The van der Waals surface area contributed by atoms with E-state index in [9.17, 15) is 0 Å². The van der Waals surface area contributed by atoms with E-state index >= 15 is 0 Å². The van der Waals surface area contributed by atoms with Gasteiger partial charge in [-0.1, -0.05) is 150 Å². The Hall–Kier alpha value is -7.42. The molecule has 12 aromatic rings. The first kappa shape index (κ1) is 42.0. The zero-order valence-electron chi connectivity index (χ0n) is 40.8. The van der Waals surface area contributed by atoms with Crippen LogP contribution in [0, 0.1) is 13.8 Å². The average molecular weight is 881 g/mol. The van der Waals surface area contributed by atoms with Crippen LogP contribution in [0.2, 0.25) is 0 Å². The van der Waals surface area contributed by atoms with Gasteiger partial charge in [0.05, 0.1) is 14.2 Å². The largest absolute Gasteiger partial charge is 0.497 e. The van der Waals surface area contributed by atoms with Crippen molar-refractivity contribution in [3.8, 4) is 56.0 Å². The summed E-state index contributed by atoms with van der Waals surface area (Å²) in [6, 6.07) is 60.5. The zero-order chi connectivity index (χ0) is 47.0. The van der Waals surface area contributed by atoms with Gasteiger partial charge >= 0.3 is 0 Å². The molecule has 0 fully saturated rings. The minimum Gasteiger partial charge on any atom is -0.497 e. The fourth-order valence-corrected chi connectivity index (χ4v) is 11.2. The summed E-state index contributed by atoms with van der Waals surface area (Å²) in [4.78, 5) is 0. The molecule has 0 aromatic heterocycles. The second-order valence-electron chi connectivity index (χ2n) is 21.4. The lowest BCUT2D eigenvalue weighted by atomic mass is 9.77. The molecule has 12 rings (SSSR count). The molecule has 0 aliphatic rings. The highest BCUT2D eigenvalue weighted by Gasteiger charge is 2.27. The molecular formula is C66H56O2. The summed E-state index contributed by atoms with van der Waals surface area (Å²) < 4.78 is 11.4. The van der Waals surface area contributed by atoms with Gasteiger partial charge in [-0.3, -0.25) is 0 Å². The molecule has 0 amide bonds. The first-order valence-corrected chi connectivity index (χ1v) is 24.0. The average Bonchev–Trinajstić information content (AvgIpc) is 3.33. The highest BCUT2D eigenvalue weighted by Crippen LogP contribution is 2.54. The number of rotatable bonds is 6. The third kappa shape index (κ3) is 6.52. The second kappa shape index (κ2) is 15.0. The fourth-order valence-electron chi connectivity index (χ4n) is 11.2. The molecule has 0 saturated carbocycles. The van der Waals surface area contributed by atoms with Crippen molar-refractivity contribution in [1.82, 2.24) is 0 Å². The van der Waals surface area contributed by atoms with Gasteiger partial charge in [0.25, 0.3) is 0 Å². The van der Waals surface area contributed by atoms with Crippen molar-refractivity contribution < 1.29 is 9.47 Å². The zero-order valence-corrected chi connectivity index (χ0v) is 40.8. The van der Waals surface area contributed by atoms with Crippen LogP contribution in [0.25, 0.3) is 120 Å². The van der Waals surface area contributed by atoms with Gasteiger partial charge in [0.1, 0.15) is 11.5 Å². The SMILES string of the molecule is COc1ccc(-c2cc3cc(C(C)(C)C)cc4cc(-c5ccc(C)cc5)c5c6c(cc2c5c34)cc2c(-c3ccc(OC)cc3)cc3cc(C(C)(C)C)cc4cc(-c5ccc(C)cc5)c6c2c34)cc1. The van der Waals surface area contributed by atoms with Crippen LogP contribution in [0.5, 0.6) is 11.5 Å². The molecule has 0 radical (unpaired) electrons. The highest BCUT2D eigenvalue weighted by atomic mass is 16.5. The van der Waals surface area contributed by atoms with Crippen molar-refractivity contribution in [2.45, 2.75) is 66.2 Å². The van der Waals surface area contributed by atoms with Crippen LogP contribution in [0.3, 0.4) is 0 Å². The van der Waals surface area contributed by atoms with E-state index < -0.39 is 0 Å². The Morgan fingerprint density at radius 2 is 0.588 bits per heavy atom. The summed E-state index contributed by atoms with van der Waals surface area (Å²) in [7, 11) is 3.48. The number of aryl methyl sites for hydroxylation is 2. The van der Waals surface area contributed by atoms with Crippen molar-refractivity contribution in [2.24, 2.45) is 0 Å². The molecule has 0 unspecified atom stereocenters. The van der Waals surface area contributed by atoms with Gasteiger partial charge in [-0.15, -0.1) is 0 Å². The van der Waals surface area contributed by atoms with Crippen molar-refractivity contribution in [3.05, 3.63) is 180 Å². The van der Waals surface area contributed by atoms with Gasteiger partial charge in [0, 0.05) is 0 Å². The molecule has 0 aliphatic carbocycles. The van der Waals surface area contributed by atoms with Crippen LogP contribution in [0.4, 0.5) is 0 Å². The van der Waals surface area contributed by atoms with Gasteiger partial charge in [-0.25, -0.2) is 0 Å². The van der Waals surface area contributed by atoms with E-state index in [-0.39, 0.29) is 10.8 Å². The van der Waals surface area contributed by atoms with Crippen LogP contribution in [-0.4, -0.2) is 14.2 Å². The van der Waals surface area contributed by atoms with E-state index in [1.165, 1.54) is 142 Å². The monoisotopic (exact) mass is 880 g/mol. The normalized spacial score (nSPS) is 12.6. The van der Waals surface area contributed by atoms with E-state index in [2.05, 4.69) is 213 Å². The number of ether oxygens (including phenoxy) is 2. The van der Waals surface area contributed by atoms with Crippen molar-refractivity contribution in [2.75, 3.05) is 14.2 Å².